The van der Waals surface area contributed by atoms with Crippen LogP contribution in [0.4, 0.5) is 11.6 Å². The Kier molecular flexibility index (Phi) is 3.75. The van der Waals surface area contributed by atoms with Crippen molar-refractivity contribution >= 4 is 17.5 Å². The van der Waals surface area contributed by atoms with Crippen molar-refractivity contribution in [1.29, 1.82) is 0 Å². The van der Waals surface area contributed by atoms with Crippen molar-refractivity contribution in [3.05, 3.63) is 42.2 Å². The second kappa shape index (κ2) is 5.48. The van der Waals surface area contributed by atoms with Gasteiger partial charge in [0.25, 0.3) is 0 Å². The summed E-state index contributed by atoms with van der Waals surface area (Å²) >= 11 is 0. The van der Waals surface area contributed by atoms with Crippen LogP contribution < -0.4 is 10.1 Å². The van der Waals surface area contributed by atoms with E-state index < -0.39 is 5.97 Å². The fourth-order valence-electron chi connectivity index (χ4n) is 1.55. The monoisotopic (exact) mass is 261 g/mol. The number of carboxylic acid groups (broad SMARTS) is 1. The molecule has 0 radical (unpaired) electrons. The summed E-state index contributed by atoms with van der Waals surface area (Å²) < 4.78 is 10.6. The number of anilines is 2. The lowest BCUT2D eigenvalue weighted by molar-refractivity contribution is 0.0663. The molecular formula is C14H15NO4. The molecule has 0 bridgehead atoms. The molecule has 5 heteroatoms. The number of hydrogen-bond donors (Lipinski definition) is 2. The van der Waals surface area contributed by atoms with Gasteiger partial charge in [0.05, 0.1) is 6.10 Å². The third kappa shape index (κ3) is 3.51. The number of ether oxygens (including phenoxy) is 1. The first-order valence-corrected chi connectivity index (χ1v) is 5.91. The maximum Gasteiger partial charge on any atom is 0.371 e. The van der Waals surface area contributed by atoms with Gasteiger partial charge in [-0.1, -0.05) is 0 Å². The summed E-state index contributed by atoms with van der Waals surface area (Å²) in [5, 5.41) is 11.7. The van der Waals surface area contributed by atoms with Gasteiger partial charge in [0.15, 0.2) is 5.88 Å². The highest BCUT2D eigenvalue weighted by molar-refractivity contribution is 5.85. The average molecular weight is 261 g/mol. The molecule has 1 heterocycles. The van der Waals surface area contributed by atoms with Crippen LogP contribution in [-0.4, -0.2) is 17.2 Å². The molecule has 0 saturated heterocycles. The highest BCUT2D eigenvalue weighted by Crippen LogP contribution is 2.22. The van der Waals surface area contributed by atoms with Crippen LogP contribution in [0.1, 0.15) is 24.4 Å². The van der Waals surface area contributed by atoms with E-state index in [1.165, 1.54) is 6.07 Å². The zero-order valence-corrected chi connectivity index (χ0v) is 10.7. The van der Waals surface area contributed by atoms with Crippen LogP contribution in [0.5, 0.6) is 5.75 Å². The molecule has 1 aromatic heterocycles. The maximum atomic E-state index is 10.7. The van der Waals surface area contributed by atoms with Gasteiger partial charge < -0.3 is 19.6 Å². The molecular weight excluding hydrogens is 246 g/mol. The standard InChI is InChI=1S/C14H15NO4/c1-9(2)18-11-5-3-10(4-6-11)15-13-8-7-12(19-13)14(16)17/h3-9,15H,1-2H3,(H,16,17). The van der Waals surface area contributed by atoms with Gasteiger partial charge in [-0.3, -0.25) is 0 Å². The van der Waals surface area contributed by atoms with Crippen LogP contribution in [0.2, 0.25) is 0 Å². The zero-order chi connectivity index (χ0) is 13.8. The minimum absolute atomic E-state index is 0.0951. The number of carboxylic acids is 1. The molecule has 0 atom stereocenters. The summed E-state index contributed by atoms with van der Waals surface area (Å²) in [4.78, 5) is 10.7. The number of benzene rings is 1. The van der Waals surface area contributed by atoms with Gasteiger partial charge in [-0.05, 0) is 44.2 Å². The topological polar surface area (TPSA) is 71.7 Å². The van der Waals surface area contributed by atoms with E-state index in [0.717, 1.165) is 11.4 Å². The average Bonchev–Trinajstić information content (AvgIpc) is 2.80. The van der Waals surface area contributed by atoms with E-state index in [1.54, 1.807) is 6.07 Å². The number of nitrogens with one attached hydrogen (secondary N) is 1. The Bertz CT molecular complexity index is 557. The maximum absolute atomic E-state index is 10.7. The molecule has 2 N–H and O–H groups in total. The van der Waals surface area contributed by atoms with Gasteiger partial charge >= 0.3 is 5.97 Å². The van der Waals surface area contributed by atoms with E-state index in [1.807, 2.05) is 38.1 Å². The Morgan fingerprint density at radius 2 is 1.89 bits per heavy atom. The zero-order valence-electron chi connectivity index (χ0n) is 10.7. The van der Waals surface area contributed by atoms with E-state index in [0.29, 0.717) is 5.88 Å². The normalized spacial score (nSPS) is 10.5. The highest BCUT2D eigenvalue weighted by atomic mass is 16.5. The van der Waals surface area contributed by atoms with Crippen molar-refractivity contribution in [1.82, 2.24) is 0 Å². The van der Waals surface area contributed by atoms with Crippen LogP contribution in [-0.2, 0) is 0 Å². The molecule has 100 valence electrons. The molecule has 0 aliphatic heterocycles. The van der Waals surface area contributed by atoms with Crippen molar-refractivity contribution in [2.45, 2.75) is 20.0 Å². The van der Waals surface area contributed by atoms with E-state index in [4.69, 9.17) is 14.3 Å². The summed E-state index contributed by atoms with van der Waals surface area (Å²) in [5.74, 6) is -0.0165. The molecule has 1 aromatic carbocycles. The van der Waals surface area contributed by atoms with Crippen LogP contribution >= 0.6 is 0 Å². The molecule has 2 rings (SSSR count). The minimum atomic E-state index is -1.09. The van der Waals surface area contributed by atoms with E-state index in [-0.39, 0.29) is 11.9 Å². The Morgan fingerprint density at radius 3 is 2.42 bits per heavy atom. The summed E-state index contributed by atoms with van der Waals surface area (Å²) in [5.41, 5.74) is 0.794. The third-order valence-corrected chi connectivity index (χ3v) is 2.31. The Balaban J connectivity index is 2.04. The first kappa shape index (κ1) is 13.0. The molecule has 5 nitrogen and oxygen atoms in total. The van der Waals surface area contributed by atoms with Gasteiger partial charge in [0, 0.05) is 11.8 Å². The molecule has 0 unspecified atom stereocenters. The number of aromatic carboxylic acids is 1. The van der Waals surface area contributed by atoms with Crippen LogP contribution in [0.15, 0.2) is 40.8 Å². The second-order valence-electron chi connectivity index (χ2n) is 4.29. The summed E-state index contributed by atoms with van der Waals surface area (Å²) in [6.45, 7) is 3.92. The van der Waals surface area contributed by atoms with Crippen molar-refractivity contribution in [3.63, 3.8) is 0 Å². The predicted octanol–water partition coefficient (Wildman–Crippen LogP) is 3.51. The second-order valence-corrected chi connectivity index (χ2v) is 4.29. The Hall–Kier alpha value is -2.43. The Labute approximate surface area is 110 Å². The van der Waals surface area contributed by atoms with Gasteiger partial charge in [-0.15, -0.1) is 0 Å². The lowest BCUT2D eigenvalue weighted by Crippen LogP contribution is -2.05. The van der Waals surface area contributed by atoms with Gasteiger partial charge in [0.1, 0.15) is 5.75 Å². The largest absolute Gasteiger partial charge is 0.491 e. The van der Waals surface area contributed by atoms with Gasteiger partial charge in [0.2, 0.25) is 5.76 Å². The Morgan fingerprint density at radius 1 is 1.21 bits per heavy atom. The van der Waals surface area contributed by atoms with Crippen LogP contribution in [0.3, 0.4) is 0 Å². The smallest absolute Gasteiger partial charge is 0.371 e. The highest BCUT2D eigenvalue weighted by Gasteiger charge is 2.08. The third-order valence-electron chi connectivity index (χ3n) is 2.31. The summed E-state index contributed by atoms with van der Waals surface area (Å²) in [7, 11) is 0. The van der Waals surface area contributed by atoms with E-state index in [2.05, 4.69) is 5.32 Å². The quantitative estimate of drug-likeness (QED) is 0.861. The molecule has 2 aromatic rings. The number of carbonyl (C=O) groups is 1. The molecule has 0 saturated carbocycles. The molecule has 0 fully saturated rings. The first-order chi connectivity index (χ1) is 9.04. The molecule has 0 amide bonds. The SMILES string of the molecule is CC(C)Oc1ccc(Nc2ccc(C(=O)O)o2)cc1. The van der Waals surface area contributed by atoms with Gasteiger partial charge in [-0.2, -0.15) is 0 Å². The lowest BCUT2D eigenvalue weighted by Gasteiger charge is -2.10. The number of rotatable bonds is 5. The predicted molar refractivity (Wildman–Crippen MR) is 71.2 cm³/mol. The summed E-state index contributed by atoms with van der Waals surface area (Å²) in [6, 6.07) is 10.3. The van der Waals surface area contributed by atoms with Crippen molar-refractivity contribution < 1.29 is 19.1 Å². The fourth-order valence-corrected chi connectivity index (χ4v) is 1.55. The first-order valence-electron chi connectivity index (χ1n) is 5.91. The van der Waals surface area contributed by atoms with E-state index >= 15 is 0 Å². The number of furan rings is 1. The van der Waals surface area contributed by atoms with Gasteiger partial charge in [-0.25, -0.2) is 4.79 Å². The van der Waals surface area contributed by atoms with E-state index in [9.17, 15) is 4.79 Å². The van der Waals surface area contributed by atoms with Crippen molar-refractivity contribution in [2.75, 3.05) is 5.32 Å². The molecule has 0 spiro atoms. The van der Waals surface area contributed by atoms with Crippen LogP contribution in [0.25, 0.3) is 0 Å². The molecule has 0 aliphatic carbocycles. The summed E-state index contributed by atoms with van der Waals surface area (Å²) in [6.07, 6.45) is 0.127. The van der Waals surface area contributed by atoms with Crippen LogP contribution in [0, 0.1) is 0 Å². The van der Waals surface area contributed by atoms with Crippen molar-refractivity contribution in [2.24, 2.45) is 0 Å². The molecule has 0 aliphatic rings. The fraction of sp³-hybridized carbons (Fsp3) is 0.214. The lowest BCUT2D eigenvalue weighted by atomic mass is 10.3. The van der Waals surface area contributed by atoms with Crippen molar-refractivity contribution in [3.8, 4) is 5.75 Å². The minimum Gasteiger partial charge on any atom is -0.491 e. The molecule has 19 heavy (non-hydrogen) atoms. The number of hydrogen-bond acceptors (Lipinski definition) is 4.